The van der Waals surface area contributed by atoms with E-state index in [1.54, 1.807) is 36.4 Å². The predicted molar refractivity (Wildman–Crippen MR) is 93.8 cm³/mol. The summed E-state index contributed by atoms with van der Waals surface area (Å²) in [4.78, 5) is 34.7. The highest BCUT2D eigenvalue weighted by atomic mass is 32.2. The van der Waals surface area contributed by atoms with Crippen LogP contribution >= 0.6 is 11.8 Å². The van der Waals surface area contributed by atoms with Crippen molar-refractivity contribution in [2.24, 2.45) is 0 Å². The highest BCUT2D eigenvalue weighted by molar-refractivity contribution is 8.15. The summed E-state index contributed by atoms with van der Waals surface area (Å²) in [7, 11) is 0. The van der Waals surface area contributed by atoms with Crippen molar-refractivity contribution in [3.8, 4) is 0 Å². The molecule has 7 heteroatoms. The van der Waals surface area contributed by atoms with Gasteiger partial charge in [-0.2, -0.15) is 0 Å². The summed E-state index contributed by atoms with van der Waals surface area (Å²) in [5.74, 6) is -0.890. The molecular weight excluding hydrogens is 343 g/mol. The minimum absolute atomic E-state index is 0.0838. The molecule has 1 fully saturated rings. The number of rotatable bonds is 5. The maximum atomic E-state index is 13.1. The molecule has 2 aromatic carbocycles. The molecule has 1 aliphatic heterocycles. The second-order valence-corrected chi connectivity index (χ2v) is 6.81. The van der Waals surface area contributed by atoms with Gasteiger partial charge < -0.3 is 5.32 Å². The number of carbonyl (C=O) groups excluding carboxylic acids is 3. The number of anilines is 1. The van der Waals surface area contributed by atoms with Crippen molar-refractivity contribution in [2.75, 3.05) is 5.32 Å². The van der Waals surface area contributed by atoms with Crippen molar-refractivity contribution in [1.82, 2.24) is 5.32 Å². The maximum absolute atomic E-state index is 13.1. The van der Waals surface area contributed by atoms with Gasteiger partial charge >= 0.3 is 0 Å². The first-order valence-corrected chi connectivity index (χ1v) is 8.52. The van der Waals surface area contributed by atoms with Crippen LogP contribution in [0.5, 0.6) is 0 Å². The summed E-state index contributed by atoms with van der Waals surface area (Å²) in [5, 5.41) is 4.26. The number of imide groups is 1. The van der Waals surface area contributed by atoms with Crippen LogP contribution in [-0.4, -0.2) is 22.3 Å². The predicted octanol–water partition coefficient (Wildman–Crippen LogP) is 2.90. The van der Waals surface area contributed by atoms with Crippen LogP contribution in [-0.2, 0) is 22.4 Å². The van der Waals surface area contributed by atoms with E-state index in [0.717, 1.165) is 17.3 Å². The first-order chi connectivity index (χ1) is 12.0. The summed E-state index contributed by atoms with van der Waals surface area (Å²) < 4.78 is 13.1. The Balaban J connectivity index is 1.56. The molecule has 0 saturated carbocycles. The second kappa shape index (κ2) is 7.48. The second-order valence-electron chi connectivity index (χ2n) is 5.64. The van der Waals surface area contributed by atoms with Gasteiger partial charge in [-0.3, -0.25) is 19.7 Å². The van der Waals surface area contributed by atoms with Crippen molar-refractivity contribution >= 4 is 34.5 Å². The van der Waals surface area contributed by atoms with Crippen LogP contribution in [0.25, 0.3) is 0 Å². The Bertz CT molecular complexity index is 823. The van der Waals surface area contributed by atoms with Crippen molar-refractivity contribution in [3.63, 3.8) is 0 Å². The molecule has 0 radical (unpaired) electrons. The van der Waals surface area contributed by atoms with Crippen LogP contribution in [0.2, 0.25) is 0 Å². The number of halogens is 1. The first kappa shape index (κ1) is 17.2. The Morgan fingerprint density at radius 2 is 1.88 bits per heavy atom. The van der Waals surface area contributed by atoms with E-state index in [4.69, 9.17) is 0 Å². The lowest BCUT2D eigenvalue weighted by Gasteiger charge is -2.08. The molecule has 3 rings (SSSR count). The highest BCUT2D eigenvalue weighted by Crippen LogP contribution is 2.23. The zero-order valence-electron chi connectivity index (χ0n) is 13.1. The van der Waals surface area contributed by atoms with Crippen LogP contribution < -0.4 is 10.6 Å². The molecule has 0 aliphatic carbocycles. The lowest BCUT2D eigenvalue weighted by atomic mass is 10.1. The van der Waals surface area contributed by atoms with Crippen molar-refractivity contribution in [1.29, 1.82) is 0 Å². The van der Waals surface area contributed by atoms with Gasteiger partial charge in [0.25, 0.3) is 5.24 Å². The zero-order chi connectivity index (χ0) is 17.8. The minimum atomic E-state index is -0.416. The fourth-order valence-corrected chi connectivity index (χ4v) is 3.36. The van der Waals surface area contributed by atoms with Gasteiger partial charge in [-0.05, 0) is 41.8 Å². The van der Waals surface area contributed by atoms with Gasteiger partial charge in [0, 0.05) is 5.69 Å². The Kier molecular flexibility index (Phi) is 5.14. The molecule has 1 unspecified atom stereocenters. The minimum Gasteiger partial charge on any atom is -0.326 e. The lowest BCUT2D eigenvalue weighted by Crippen LogP contribution is -2.25. The van der Waals surface area contributed by atoms with E-state index in [-0.39, 0.29) is 29.3 Å². The van der Waals surface area contributed by atoms with Gasteiger partial charge in [-0.1, -0.05) is 36.0 Å². The topological polar surface area (TPSA) is 75.3 Å². The average Bonchev–Trinajstić information content (AvgIpc) is 2.86. The monoisotopic (exact) mass is 358 g/mol. The maximum Gasteiger partial charge on any atom is 0.286 e. The molecule has 3 amide bonds. The fraction of sp³-hybridized carbons (Fsp3) is 0.167. The SMILES string of the molecule is O=C(Cc1cccc(F)c1)Nc1ccc(CC2SC(=O)NC2=O)cc1. The van der Waals surface area contributed by atoms with E-state index >= 15 is 0 Å². The van der Waals surface area contributed by atoms with Crippen LogP contribution in [0.1, 0.15) is 11.1 Å². The summed E-state index contributed by atoms with van der Waals surface area (Å²) in [6, 6.07) is 13.0. The first-order valence-electron chi connectivity index (χ1n) is 7.64. The van der Waals surface area contributed by atoms with Crippen molar-refractivity contribution < 1.29 is 18.8 Å². The summed E-state index contributed by atoms with van der Waals surface area (Å²) in [6.45, 7) is 0. The molecule has 1 saturated heterocycles. The number of benzene rings is 2. The quantitative estimate of drug-likeness (QED) is 0.862. The number of hydrogen-bond acceptors (Lipinski definition) is 4. The molecule has 0 aromatic heterocycles. The van der Waals surface area contributed by atoms with E-state index in [1.807, 2.05) is 0 Å². The smallest absolute Gasteiger partial charge is 0.286 e. The Morgan fingerprint density at radius 3 is 2.52 bits per heavy atom. The number of thioether (sulfide) groups is 1. The third-order valence-corrected chi connectivity index (χ3v) is 4.66. The Labute approximate surface area is 148 Å². The lowest BCUT2D eigenvalue weighted by molar-refractivity contribution is -0.119. The molecule has 1 aliphatic rings. The van der Waals surface area contributed by atoms with E-state index in [0.29, 0.717) is 17.7 Å². The van der Waals surface area contributed by atoms with Crippen molar-refractivity contribution in [3.05, 3.63) is 65.5 Å². The summed E-state index contributed by atoms with van der Waals surface area (Å²) in [6.07, 6.45) is 0.528. The van der Waals surface area contributed by atoms with E-state index in [1.165, 1.54) is 12.1 Å². The van der Waals surface area contributed by atoms with Gasteiger partial charge in [-0.15, -0.1) is 0 Å². The number of carbonyl (C=O) groups is 3. The summed E-state index contributed by atoms with van der Waals surface area (Å²) in [5.41, 5.74) is 2.11. The van der Waals surface area contributed by atoms with Gasteiger partial charge in [0.05, 0.1) is 11.7 Å². The third-order valence-electron chi connectivity index (χ3n) is 3.68. The molecule has 2 N–H and O–H groups in total. The molecule has 128 valence electrons. The van der Waals surface area contributed by atoms with E-state index < -0.39 is 5.25 Å². The third kappa shape index (κ3) is 4.67. The van der Waals surface area contributed by atoms with Gasteiger partial charge in [-0.25, -0.2) is 4.39 Å². The highest BCUT2D eigenvalue weighted by Gasteiger charge is 2.31. The molecule has 0 spiro atoms. The number of hydrogen-bond donors (Lipinski definition) is 2. The molecule has 0 bridgehead atoms. The zero-order valence-corrected chi connectivity index (χ0v) is 13.9. The van der Waals surface area contributed by atoms with Crippen LogP contribution in [0.15, 0.2) is 48.5 Å². The summed E-state index contributed by atoms with van der Waals surface area (Å²) >= 11 is 0.986. The molecule has 25 heavy (non-hydrogen) atoms. The number of amides is 3. The van der Waals surface area contributed by atoms with Crippen LogP contribution in [0, 0.1) is 5.82 Å². The molecule has 1 atom stereocenters. The van der Waals surface area contributed by atoms with Crippen LogP contribution in [0.3, 0.4) is 0 Å². The fourth-order valence-electron chi connectivity index (χ4n) is 2.50. The Morgan fingerprint density at radius 1 is 1.12 bits per heavy atom. The molecule has 2 aromatic rings. The average molecular weight is 358 g/mol. The van der Waals surface area contributed by atoms with Gasteiger partial charge in [0.15, 0.2) is 0 Å². The number of nitrogens with one attached hydrogen (secondary N) is 2. The van der Waals surface area contributed by atoms with Gasteiger partial charge in [0.1, 0.15) is 5.82 Å². The standard InChI is InChI=1S/C18H15FN2O3S/c19-13-3-1-2-12(8-13)10-16(22)20-14-6-4-11(5-7-14)9-15-17(23)21-18(24)25-15/h1-8,15H,9-10H2,(H,20,22)(H,21,23,24). The van der Waals surface area contributed by atoms with E-state index in [9.17, 15) is 18.8 Å². The molecule has 5 nitrogen and oxygen atoms in total. The molecular formula is C18H15FN2O3S. The van der Waals surface area contributed by atoms with E-state index in [2.05, 4.69) is 10.6 Å². The van der Waals surface area contributed by atoms with Gasteiger partial charge in [0.2, 0.25) is 11.8 Å². The van der Waals surface area contributed by atoms with Crippen molar-refractivity contribution in [2.45, 2.75) is 18.1 Å². The van der Waals surface area contributed by atoms with Crippen LogP contribution in [0.4, 0.5) is 14.9 Å². The normalized spacial score (nSPS) is 16.6. The Hall–Kier alpha value is -2.67. The largest absolute Gasteiger partial charge is 0.326 e. The molecule has 1 heterocycles.